The molecule has 4 rings (SSSR count). The van der Waals surface area contributed by atoms with Crippen molar-refractivity contribution in [1.29, 1.82) is 0 Å². The van der Waals surface area contributed by atoms with Gasteiger partial charge in [-0.2, -0.15) is 0 Å². The predicted molar refractivity (Wildman–Crippen MR) is 109 cm³/mol. The summed E-state index contributed by atoms with van der Waals surface area (Å²) in [5, 5.41) is 2.99. The van der Waals surface area contributed by atoms with Gasteiger partial charge in [-0.25, -0.2) is 18.1 Å². The number of carbonyl (C=O) groups is 1. The van der Waals surface area contributed by atoms with Crippen LogP contribution in [0, 0.1) is 12.8 Å². The van der Waals surface area contributed by atoms with Crippen LogP contribution >= 0.6 is 0 Å². The molecule has 1 fully saturated rings. The van der Waals surface area contributed by atoms with Gasteiger partial charge < -0.3 is 5.32 Å². The van der Waals surface area contributed by atoms with E-state index in [-0.39, 0.29) is 11.8 Å². The Morgan fingerprint density at radius 3 is 2.68 bits per heavy atom. The Morgan fingerprint density at radius 2 is 1.93 bits per heavy atom. The van der Waals surface area contributed by atoms with Crippen LogP contribution in [0.3, 0.4) is 0 Å². The number of hydrogen-bond donors (Lipinski definition) is 1. The van der Waals surface area contributed by atoms with Crippen LogP contribution in [-0.2, 0) is 22.3 Å². The van der Waals surface area contributed by atoms with E-state index in [0.717, 1.165) is 31.2 Å². The zero-order valence-electron chi connectivity index (χ0n) is 15.9. The molecule has 1 unspecified atom stereocenters. The van der Waals surface area contributed by atoms with Gasteiger partial charge in [-0.3, -0.25) is 4.79 Å². The Kier molecular flexibility index (Phi) is 5.52. The number of aromatic nitrogens is 3. The van der Waals surface area contributed by atoms with Gasteiger partial charge in [0.2, 0.25) is 5.91 Å². The van der Waals surface area contributed by atoms with Crippen LogP contribution < -0.4 is 5.32 Å². The lowest BCUT2D eigenvalue weighted by Gasteiger charge is -2.20. The summed E-state index contributed by atoms with van der Waals surface area (Å²) in [6.45, 7) is 2.36. The summed E-state index contributed by atoms with van der Waals surface area (Å²) < 4.78 is 14.5. The summed E-state index contributed by atoms with van der Waals surface area (Å²) in [5.41, 5.74) is 3.07. The fourth-order valence-corrected chi connectivity index (χ4v) is 4.67. The first-order chi connectivity index (χ1) is 13.6. The summed E-state index contributed by atoms with van der Waals surface area (Å²) in [6, 6.07) is 9.41. The molecular formula is C21H24N4O2S. The molecule has 6 nitrogen and oxygen atoms in total. The molecule has 28 heavy (non-hydrogen) atoms. The fourth-order valence-electron chi connectivity index (χ4n) is 3.60. The molecular weight excluding hydrogens is 372 g/mol. The molecule has 1 N–H and O–H groups in total. The molecule has 1 atom stereocenters. The predicted octanol–water partition coefficient (Wildman–Crippen LogP) is 3.51. The van der Waals surface area contributed by atoms with Gasteiger partial charge in [-0.15, -0.1) is 0 Å². The molecule has 0 spiro atoms. The number of nitrogens with one attached hydrogen (secondary N) is 1. The van der Waals surface area contributed by atoms with Crippen molar-refractivity contribution in [2.24, 2.45) is 5.92 Å². The highest BCUT2D eigenvalue weighted by molar-refractivity contribution is 7.83. The van der Waals surface area contributed by atoms with E-state index in [1.165, 1.54) is 6.42 Å². The maximum atomic E-state index is 12.9. The van der Waals surface area contributed by atoms with Gasteiger partial charge in [0, 0.05) is 12.1 Å². The van der Waals surface area contributed by atoms with Crippen molar-refractivity contribution < 1.29 is 9.00 Å². The summed E-state index contributed by atoms with van der Waals surface area (Å²) >= 11 is 0. The van der Waals surface area contributed by atoms with Gasteiger partial charge in [0.05, 0.1) is 23.3 Å². The fraction of sp³-hybridized carbons (Fsp3) is 0.381. The Hall–Kier alpha value is -2.54. The second-order valence-corrected chi connectivity index (χ2v) is 8.69. The van der Waals surface area contributed by atoms with Crippen LogP contribution in [0.25, 0.3) is 11.2 Å². The molecule has 0 saturated heterocycles. The molecule has 1 amide bonds. The number of nitrogens with zero attached hydrogens (tertiary/aromatic N) is 3. The molecule has 0 aliphatic heterocycles. The van der Waals surface area contributed by atoms with Gasteiger partial charge in [0.1, 0.15) is 5.52 Å². The molecule has 2 heterocycles. The van der Waals surface area contributed by atoms with Crippen LogP contribution in [0.5, 0.6) is 0 Å². The molecule has 1 saturated carbocycles. The van der Waals surface area contributed by atoms with E-state index in [1.807, 2.05) is 31.2 Å². The van der Waals surface area contributed by atoms with Crippen molar-refractivity contribution in [3.63, 3.8) is 0 Å². The minimum absolute atomic E-state index is 0.111. The van der Waals surface area contributed by atoms with Crippen LogP contribution in [0.1, 0.15) is 43.4 Å². The minimum atomic E-state index is -1.38. The first kappa shape index (κ1) is 18.8. The largest absolute Gasteiger partial charge is 0.350 e. The number of aryl methyl sites for hydroxylation is 1. The average molecular weight is 397 g/mol. The first-order valence-electron chi connectivity index (χ1n) is 9.71. The Balaban J connectivity index is 1.47. The molecule has 1 aliphatic rings. The highest BCUT2D eigenvalue weighted by Gasteiger charge is 2.21. The van der Waals surface area contributed by atoms with Gasteiger partial charge in [-0.1, -0.05) is 37.0 Å². The van der Waals surface area contributed by atoms with Crippen molar-refractivity contribution in [3.05, 3.63) is 54.0 Å². The van der Waals surface area contributed by atoms with Crippen LogP contribution in [0.4, 0.5) is 0 Å². The van der Waals surface area contributed by atoms with Gasteiger partial charge in [0.15, 0.2) is 16.6 Å². The minimum Gasteiger partial charge on any atom is -0.350 e. The lowest BCUT2D eigenvalue weighted by molar-refractivity contribution is -0.126. The highest BCUT2D eigenvalue weighted by Crippen LogP contribution is 2.23. The maximum absolute atomic E-state index is 12.9. The average Bonchev–Trinajstić information content (AvgIpc) is 3.16. The topological polar surface area (TPSA) is 76.9 Å². The van der Waals surface area contributed by atoms with Crippen molar-refractivity contribution in [1.82, 2.24) is 19.3 Å². The van der Waals surface area contributed by atoms with E-state index >= 15 is 0 Å². The second-order valence-electron chi connectivity index (χ2n) is 7.33. The standard InChI is InChI=1S/C21H24N4O2S/c1-15-7-9-18(10-8-15)28(27)25-12-11-19-20(25)22-13-17(24-19)14-23-21(26)16-5-3-2-4-6-16/h7-13,16H,2-6,14H2,1H3,(H,23,26). The van der Waals surface area contributed by atoms with Crippen LogP contribution in [-0.4, -0.2) is 24.1 Å². The highest BCUT2D eigenvalue weighted by atomic mass is 32.2. The van der Waals surface area contributed by atoms with Crippen molar-refractivity contribution in [3.8, 4) is 0 Å². The number of amides is 1. The Bertz CT molecular complexity index is 1010. The van der Waals surface area contributed by atoms with Crippen LogP contribution in [0.15, 0.2) is 47.6 Å². The summed E-state index contributed by atoms with van der Waals surface area (Å²) in [7, 11) is -1.38. The summed E-state index contributed by atoms with van der Waals surface area (Å²) in [6.07, 6.45) is 8.84. The Morgan fingerprint density at radius 1 is 1.18 bits per heavy atom. The molecule has 1 aromatic carbocycles. The summed E-state index contributed by atoms with van der Waals surface area (Å²) in [4.78, 5) is 22.0. The number of carbonyl (C=O) groups excluding carboxylic acids is 1. The van der Waals surface area contributed by atoms with E-state index in [4.69, 9.17) is 0 Å². The number of fused-ring (bicyclic) bond motifs is 1. The third-order valence-corrected chi connectivity index (χ3v) is 6.55. The molecule has 7 heteroatoms. The number of hydrogen-bond acceptors (Lipinski definition) is 4. The second kappa shape index (κ2) is 8.22. The monoisotopic (exact) mass is 396 g/mol. The quantitative estimate of drug-likeness (QED) is 0.716. The third kappa shape index (κ3) is 3.99. The zero-order chi connectivity index (χ0) is 19.5. The van der Waals surface area contributed by atoms with E-state index in [1.54, 1.807) is 22.4 Å². The van der Waals surface area contributed by atoms with Crippen molar-refractivity contribution >= 4 is 28.1 Å². The van der Waals surface area contributed by atoms with Crippen LogP contribution in [0.2, 0.25) is 0 Å². The maximum Gasteiger partial charge on any atom is 0.223 e. The summed E-state index contributed by atoms with van der Waals surface area (Å²) in [5.74, 6) is 0.239. The first-order valence-corrected chi connectivity index (χ1v) is 10.8. The van der Waals surface area contributed by atoms with E-state index < -0.39 is 11.0 Å². The molecule has 146 valence electrons. The molecule has 3 aromatic rings. The molecule has 2 aromatic heterocycles. The number of rotatable bonds is 5. The molecule has 0 radical (unpaired) electrons. The zero-order valence-corrected chi connectivity index (χ0v) is 16.7. The lowest BCUT2D eigenvalue weighted by Crippen LogP contribution is -2.31. The van der Waals surface area contributed by atoms with E-state index in [9.17, 15) is 9.00 Å². The Labute approximate surface area is 167 Å². The smallest absolute Gasteiger partial charge is 0.223 e. The molecule has 1 aliphatic carbocycles. The molecule has 0 bridgehead atoms. The van der Waals surface area contributed by atoms with Gasteiger partial charge >= 0.3 is 0 Å². The van der Waals surface area contributed by atoms with E-state index in [0.29, 0.717) is 28.3 Å². The normalized spacial score (nSPS) is 16.2. The van der Waals surface area contributed by atoms with Gasteiger partial charge in [0.25, 0.3) is 0 Å². The van der Waals surface area contributed by atoms with Crippen molar-refractivity contribution in [2.45, 2.75) is 50.5 Å². The van der Waals surface area contributed by atoms with Gasteiger partial charge in [-0.05, 0) is 38.0 Å². The third-order valence-electron chi connectivity index (χ3n) is 5.23. The lowest BCUT2D eigenvalue weighted by atomic mass is 9.89. The number of benzene rings is 1. The van der Waals surface area contributed by atoms with E-state index in [2.05, 4.69) is 15.3 Å². The van der Waals surface area contributed by atoms with Crippen molar-refractivity contribution in [2.75, 3.05) is 0 Å². The SMILES string of the molecule is Cc1ccc(S(=O)n2ccc3nc(CNC(=O)C4CCCCC4)cnc32)cc1.